The molecule has 0 amide bonds. The average molecular weight is 471 g/mol. The molecule has 174 valence electrons. The molecule has 1 N–H and O–H groups in total. The number of thiocarbonyl (C=S) groups is 1. The molecule has 0 radical (unpaired) electrons. The Bertz CT molecular complexity index is 1200. The van der Waals surface area contributed by atoms with E-state index < -0.39 is 0 Å². The van der Waals surface area contributed by atoms with Crippen LogP contribution in [0.3, 0.4) is 0 Å². The van der Waals surface area contributed by atoms with E-state index in [-0.39, 0.29) is 0 Å². The Morgan fingerprint density at radius 3 is 2.06 bits per heavy atom. The van der Waals surface area contributed by atoms with Crippen molar-refractivity contribution in [2.75, 3.05) is 12.4 Å². The maximum Gasteiger partial charge on any atom is 0.175 e. The smallest absolute Gasteiger partial charge is 0.175 e. The number of hydrogen-bond donors (Lipinski definition) is 1. The van der Waals surface area contributed by atoms with E-state index in [1.54, 1.807) is 7.11 Å². The van der Waals surface area contributed by atoms with E-state index in [1.165, 1.54) is 11.1 Å². The molecule has 5 nitrogen and oxygen atoms in total. The molecule has 0 bridgehead atoms. The van der Waals surface area contributed by atoms with Gasteiger partial charge >= 0.3 is 0 Å². The van der Waals surface area contributed by atoms with Crippen LogP contribution in [0.5, 0.6) is 5.75 Å². The molecule has 0 saturated carbocycles. The number of nitrogens with zero attached hydrogens (tertiary/aromatic N) is 3. The van der Waals surface area contributed by atoms with Crippen LogP contribution < -0.4 is 10.1 Å². The molecule has 0 spiro atoms. The maximum absolute atomic E-state index is 5.94. The molecule has 0 saturated heterocycles. The summed E-state index contributed by atoms with van der Waals surface area (Å²) in [5.74, 6) is 1.75. The van der Waals surface area contributed by atoms with Crippen molar-refractivity contribution in [3.63, 3.8) is 0 Å². The van der Waals surface area contributed by atoms with Crippen molar-refractivity contribution < 1.29 is 4.74 Å². The van der Waals surface area contributed by atoms with Crippen LogP contribution in [0.4, 0.5) is 5.82 Å². The fourth-order valence-electron chi connectivity index (χ4n) is 3.87. The molecule has 4 aromatic rings. The van der Waals surface area contributed by atoms with Gasteiger partial charge < -0.3 is 15.0 Å². The Kier molecular flexibility index (Phi) is 7.60. The van der Waals surface area contributed by atoms with E-state index in [0.29, 0.717) is 24.7 Å². The number of nitrogens with one attached hydrogen (secondary N) is 1. The molecule has 0 aliphatic carbocycles. The second-order valence-electron chi connectivity index (χ2n) is 8.33. The van der Waals surface area contributed by atoms with Crippen molar-refractivity contribution in [2.24, 2.45) is 0 Å². The van der Waals surface area contributed by atoms with Crippen LogP contribution in [0.2, 0.25) is 0 Å². The first-order valence-electron chi connectivity index (χ1n) is 11.3. The number of aromatic nitrogens is 2. The van der Waals surface area contributed by atoms with Gasteiger partial charge in [0.15, 0.2) is 5.11 Å². The van der Waals surface area contributed by atoms with Crippen molar-refractivity contribution in [1.29, 1.82) is 0 Å². The fourth-order valence-corrected chi connectivity index (χ4v) is 4.10. The SMILES string of the molecule is COc1cccc(Cn2nc(C)c(C)c2NC(=S)N(Cc2ccccc2)Cc2ccccc2)c1. The highest BCUT2D eigenvalue weighted by Gasteiger charge is 2.17. The second kappa shape index (κ2) is 11.0. The van der Waals surface area contributed by atoms with Gasteiger partial charge in [-0.05, 0) is 54.9 Å². The highest BCUT2D eigenvalue weighted by atomic mass is 32.1. The number of anilines is 1. The van der Waals surface area contributed by atoms with Gasteiger partial charge in [-0.2, -0.15) is 5.10 Å². The summed E-state index contributed by atoms with van der Waals surface area (Å²) in [5, 5.41) is 8.96. The lowest BCUT2D eigenvalue weighted by Crippen LogP contribution is -2.34. The minimum Gasteiger partial charge on any atom is -0.497 e. The highest BCUT2D eigenvalue weighted by Crippen LogP contribution is 2.23. The predicted molar refractivity (Wildman–Crippen MR) is 142 cm³/mol. The largest absolute Gasteiger partial charge is 0.497 e. The van der Waals surface area contributed by atoms with Crippen molar-refractivity contribution in [3.8, 4) is 5.75 Å². The molecule has 1 heterocycles. The number of aryl methyl sites for hydroxylation is 1. The summed E-state index contributed by atoms with van der Waals surface area (Å²) >= 11 is 5.94. The van der Waals surface area contributed by atoms with Crippen molar-refractivity contribution in [1.82, 2.24) is 14.7 Å². The number of benzene rings is 3. The van der Waals surface area contributed by atoms with Gasteiger partial charge in [0.25, 0.3) is 0 Å². The Labute approximate surface area is 207 Å². The van der Waals surface area contributed by atoms with Crippen LogP contribution in [0.15, 0.2) is 84.9 Å². The van der Waals surface area contributed by atoms with Gasteiger partial charge in [0.1, 0.15) is 11.6 Å². The zero-order valence-corrected chi connectivity index (χ0v) is 20.7. The zero-order chi connectivity index (χ0) is 23.9. The first-order chi connectivity index (χ1) is 16.5. The molecule has 0 aliphatic rings. The van der Waals surface area contributed by atoms with Crippen molar-refractivity contribution >= 4 is 23.1 Å². The topological polar surface area (TPSA) is 42.3 Å². The third-order valence-electron chi connectivity index (χ3n) is 5.84. The lowest BCUT2D eigenvalue weighted by molar-refractivity contribution is 0.412. The molecule has 0 fully saturated rings. The minimum absolute atomic E-state index is 0.619. The molecule has 0 atom stereocenters. The first-order valence-corrected chi connectivity index (χ1v) is 11.7. The number of methoxy groups -OCH3 is 1. The van der Waals surface area contributed by atoms with E-state index in [9.17, 15) is 0 Å². The Balaban J connectivity index is 1.59. The number of hydrogen-bond acceptors (Lipinski definition) is 3. The van der Waals surface area contributed by atoms with Gasteiger partial charge in [0, 0.05) is 18.7 Å². The van der Waals surface area contributed by atoms with E-state index in [2.05, 4.69) is 71.7 Å². The molecule has 1 aromatic heterocycles. The summed E-state index contributed by atoms with van der Waals surface area (Å²) < 4.78 is 7.37. The van der Waals surface area contributed by atoms with Crippen LogP contribution in [0.25, 0.3) is 0 Å². The Morgan fingerprint density at radius 2 is 1.47 bits per heavy atom. The lowest BCUT2D eigenvalue weighted by Gasteiger charge is -2.27. The quantitative estimate of drug-likeness (QED) is 0.322. The Morgan fingerprint density at radius 1 is 0.882 bits per heavy atom. The van der Waals surface area contributed by atoms with E-state index >= 15 is 0 Å². The van der Waals surface area contributed by atoms with E-state index in [1.807, 2.05) is 41.9 Å². The van der Waals surface area contributed by atoms with Crippen LogP contribution in [0.1, 0.15) is 27.9 Å². The van der Waals surface area contributed by atoms with Crippen molar-refractivity contribution in [2.45, 2.75) is 33.5 Å². The number of ether oxygens (including phenoxy) is 1. The summed E-state index contributed by atoms with van der Waals surface area (Å²) in [6.07, 6.45) is 0. The normalized spacial score (nSPS) is 10.7. The Hall–Kier alpha value is -3.64. The van der Waals surface area contributed by atoms with E-state index in [0.717, 1.165) is 28.4 Å². The molecular weight excluding hydrogens is 440 g/mol. The predicted octanol–water partition coefficient (Wildman–Crippen LogP) is 5.96. The summed E-state index contributed by atoms with van der Waals surface area (Å²) in [4.78, 5) is 2.19. The highest BCUT2D eigenvalue weighted by molar-refractivity contribution is 7.80. The van der Waals surface area contributed by atoms with Crippen LogP contribution >= 0.6 is 12.2 Å². The standard InChI is InChI=1S/C28H30N4OS/c1-21-22(2)30-32(20-25-15-10-16-26(17-25)33-3)27(21)29-28(34)31(18-23-11-6-4-7-12-23)19-24-13-8-5-9-14-24/h4-17H,18-20H2,1-3H3,(H,29,34). The fraction of sp³-hybridized carbons (Fsp3) is 0.214. The minimum atomic E-state index is 0.619. The van der Waals surface area contributed by atoms with Gasteiger partial charge in [-0.3, -0.25) is 0 Å². The monoisotopic (exact) mass is 470 g/mol. The summed E-state index contributed by atoms with van der Waals surface area (Å²) in [6, 6.07) is 28.9. The average Bonchev–Trinajstić information content (AvgIpc) is 3.12. The molecule has 0 unspecified atom stereocenters. The zero-order valence-electron chi connectivity index (χ0n) is 19.9. The summed E-state index contributed by atoms with van der Waals surface area (Å²) in [6.45, 7) is 6.15. The molecule has 34 heavy (non-hydrogen) atoms. The first kappa shape index (κ1) is 23.5. The third-order valence-corrected chi connectivity index (χ3v) is 6.20. The third kappa shape index (κ3) is 5.83. The second-order valence-corrected chi connectivity index (χ2v) is 8.71. The number of rotatable bonds is 8. The molecular formula is C28H30N4OS. The van der Waals surface area contributed by atoms with Gasteiger partial charge in [0.05, 0.1) is 19.3 Å². The van der Waals surface area contributed by atoms with Crippen molar-refractivity contribution in [3.05, 3.63) is 113 Å². The van der Waals surface area contributed by atoms with Gasteiger partial charge in [-0.1, -0.05) is 72.8 Å². The summed E-state index contributed by atoms with van der Waals surface area (Å²) in [7, 11) is 1.68. The molecule has 4 rings (SSSR count). The van der Waals surface area contributed by atoms with Crippen LogP contribution in [-0.4, -0.2) is 26.9 Å². The maximum atomic E-state index is 5.94. The lowest BCUT2D eigenvalue weighted by atomic mass is 10.2. The van der Waals surface area contributed by atoms with E-state index in [4.69, 9.17) is 22.1 Å². The molecule has 6 heteroatoms. The van der Waals surface area contributed by atoms with Gasteiger partial charge in [-0.25, -0.2) is 4.68 Å². The molecule has 0 aliphatic heterocycles. The van der Waals surface area contributed by atoms with Gasteiger partial charge in [0.2, 0.25) is 0 Å². The molecule has 3 aromatic carbocycles. The van der Waals surface area contributed by atoms with Crippen LogP contribution in [0, 0.1) is 13.8 Å². The van der Waals surface area contributed by atoms with Gasteiger partial charge in [-0.15, -0.1) is 0 Å². The van der Waals surface area contributed by atoms with Crippen LogP contribution in [-0.2, 0) is 19.6 Å². The summed E-state index contributed by atoms with van der Waals surface area (Å²) in [5.41, 5.74) is 5.59.